The number of ether oxygens (including phenoxy) is 1. The molecule has 0 radical (unpaired) electrons. The zero-order chi connectivity index (χ0) is 58.2. The van der Waals surface area contributed by atoms with Gasteiger partial charge in [-0.2, -0.15) is 0 Å². The first-order valence-corrected chi connectivity index (χ1v) is 27.5. The molecule has 9 atom stereocenters. The summed E-state index contributed by atoms with van der Waals surface area (Å²) >= 11 is 0. The van der Waals surface area contributed by atoms with E-state index in [0.29, 0.717) is 18.7 Å². The maximum absolute atomic E-state index is 14.9. The lowest BCUT2D eigenvalue weighted by Gasteiger charge is -2.37. The number of carbonyl (C=O) groups is 10. The number of nitrogens with one attached hydrogen (secondary N) is 2. The number of likely N-dealkylation sites (tertiary alicyclic amines) is 1. The summed E-state index contributed by atoms with van der Waals surface area (Å²) in [6.45, 7) is 17.2. The van der Waals surface area contributed by atoms with Gasteiger partial charge in [-0.25, -0.2) is 0 Å². The van der Waals surface area contributed by atoms with E-state index in [1.54, 1.807) is 49.9 Å². The lowest BCUT2D eigenvalue weighted by molar-refractivity contribution is -0.152. The summed E-state index contributed by atoms with van der Waals surface area (Å²) in [5.41, 5.74) is -0.0501. The van der Waals surface area contributed by atoms with E-state index in [-0.39, 0.29) is 70.3 Å². The van der Waals surface area contributed by atoms with E-state index in [9.17, 15) is 53.1 Å². The number of rotatable bonds is 10. The van der Waals surface area contributed by atoms with Gasteiger partial charge >= 0.3 is 0 Å². The summed E-state index contributed by atoms with van der Waals surface area (Å²) in [6.07, 6.45) is 0.241. The smallest absolute Gasteiger partial charge is 0.246 e. The fourth-order valence-corrected chi connectivity index (χ4v) is 9.80. The van der Waals surface area contributed by atoms with Gasteiger partial charge in [-0.3, -0.25) is 47.9 Å². The molecule has 2 aliphatic heterocycles. The number of nitrogens with zero attached hydrogens (tertiary/aromatic N) is 6. The zero-order valence-corrected chi connectivity index (χ0v) is 48.8. The summed E-state index contributed by atoms with van der Waals surface area (Å²) < 4.78 is 6.06. The van der Waals surface area contributed by atoms with E-state index in [1.807, 2.05) is 33.8 Å². The third-order valence-electron chi connectivity index (χ3n) is 14.8. The third kappa shape index (κ3) is 20.2. The number of hydrogen-bond acceptors (Lipinski definition) is 12. The highest BCUT2D eigenvalue weighted by molar-refractivity contribution is 5.98. The molecule has 440 valence electrons. The van der Waals surface area contributed by atoms with Crippen molar-refractivity contribution in [2.24, 2.45) is 23.7 Å². The molecule has 2 aliphatic rings. The maximum Gasteiger partial charge on any atom is 0.246 e. The highest BCUT2D eigenvalue weighted by Gasteiger charge is 2.41. The Labute approximate surface area is 465 Å². The summed E-state index contributed by atoms with van der Waals surface area (Å²) in [4.78, 5) is 151. The van der Waals surface area contributed by atoms with E-state index in [4.69, 9.17) is 4.74 Å². The van der Waals surface area contributed by atoms with Crippen LogP contribution in [0.15, 0.2) is 30.3 Å². The Morgan fingerprint density at radius 3 is 1.81 bits per heavy atom. The highest BCUT2D eigenvalue weighted by atomic mass is 16.5. The first-order chi connectivity index (χ1) is 35.9. The molecule has 0 aromatic heterocycles. The molecule has 3 rings (SSSR count). The van der Waals surface area contributed by atoms with Crippen molar-refractivity contribution in [3.63, 3.8) is 0 Å². The largest absolute Gasteiger partial charge is 0.393 e. The highest BCUT2D eigenvalue weighted by Crippen LogP contribution is 2.25. The first kappa shape index (κ1) is 68.3. The molecule has 78 heavy (non-hydrogen) atoms. The van der Waals surface area contributed by atoms with Gasteiger partial charge in [-0.05, 0) is 97.5 Å². The van der Waals surface area contributed by atoms with Crippen LogP contribution in [0, 0.1) is 23.7 Å². The van der Waals surface area contributed by atoms with Gasteiger partial charge in [0.2, 0.25) is 47.3 Å². The van der Waals surface area contributed by atoms with Crippen LogP contribution in [0.2, 0.25) is 0 Å². The minimum Gasteiger partial charge on any atom is -0.393 e. The molecular weight excluding hydrogens is 1000 g/mol. The van der Waals surface area contributed by atoms with Crippen molar-refractivity contribution >= 4 is 58.8 Å². The van der Waals surface area contributed by atoms with Gasteiger partial charge in [0.05, 0.1) is 36.8 Å². The molecule has 2 fully saturated rings. The van der Waals surface area contributed by atoms with E-state index < -0.39 is 126 Å². The first-order valence-electron chi connectivity index (χ1n) is 27.5. The number of Topliss-reactive ketones (excluding diaryl/α,β-unsaturated/α-hetero) is 2. The number of aliphatic hydroxyl groups is 1. The Morgan fingerprint density at radius 2 is 1.26 bits per heavy atom. The van der Waals surface area contributed by atoms with Crippen LogP contribution in [0.5, 0.6) is 0 Å². The van der Waals surface area contributed by atoms with Crippen molar-refractivity contribution in [1.82, 2.24) is 40.0 Å². The lowest BCUT2D eigenvalue weighted by Crippen LogP contribution is -2.58. The number of likely N-dealkylation sites (N-methyl/N-ethyl adjacent to an activating group) is 5. The Morgan fingerprint density at radius 1 is 0.692 bits per heavy atom. The molecule has 20 nitrogen and oxygen atoms in total. The Kier molecular flexibility index (Phi) is 27.3. The second-order valence-electron chi connectivity index (χ2n) is 23.3. The van der Waals surface area contributed by atoms with Gasteiger partial charge in [0.25, 0.3) is 0 Å². The predicted octanol–water partition coefficient (Wildman–Crippen LogP) is 3.89. The molecule has 2 heterocycles. The van der Waals surface area contributed by atoms with Gasteiger partial charge < -0.3 is 49.9 Å². The number of benzene rings is 1. The number of hydrogen-bond donors (Lipinski definition) is 3. The van der Waals surface area contributed by atoms with E-state index in [0.717, 1.165) is 24.2 Å². The maximum atomic E-state index is 14.9. The Hall–Kier alpha value is -5.76. The molecule has 0 saturated carbocycles. The molecule has 0 spiro atoms. The van der Waals surface area contributed by atoms with Gasteiger partial charge in [0, 0.05) is 79.9 Å². The number of piperidine rings is 1. The number of ketones is 2. The standard InChI is InChI=1S/C57H92N8O12.CH4/c1-35(2)28-44-48(68)32-42(39(7)66)55(75)60(11)33-50(70)62(13)45(29-36(3)4)51(71)59-43(34-77-57(8,9)10)47(67)31-41(54(74)65-26-20-17-21-27-65)24-25-49(69)58-37(5)52(72)61(12)38(6)53(73)64(15)46(56(76)63(44)14)30-40-22-18-16-19-23-40;/h16,18-19,22-23,35-39,41-46,66H,17,20-21,24-34H2,1-15H3,(H,58,69)(H,59,71);1H4/t37-,38-,39+,41+,42-,43-,44-,45-,46-;/m0./s1. The molecule has 2 saturated heterocycles. The van der Waals surface area contributed by atoms with Gasteiger partial charge in [0.15, 0.2) is 11.6 Å². The van der Waals surface area contributed by atoms with Crippen LogP contribution in [-0.4, -0.2) is 203 Å². The normalized spacial score (nSPS) is 26.1. The molecule has 1 aromatic carbocycles. The summed E-state index contributed by atoms with van der Waals surface area (Å²) in [5.74, 6) is -8.46. The lowest BCUT2D eigenvalue weighted by atomic mass is 9.89. The molecule has 0 bridgehead atoms. The minimum atomic E-state index is -1.38. The minimum absolute atomic E-state index is 0. The Bertz CT molecular complexity index is 2210. The average molecular weight is 1100 g/mol. The van der Waals surface area contributed by atoms with Crippen molar-refractivity contribution < 1.29 is 57.8 Å². The molecular formula is C58H96N8O12. The summed E-state index contributed by atoms with van der Waals surface area (Å²) in [7, 11) is 7.08. The molecule has 20 heteroatoms. The zero-order valence-electron chi connectivity index (χ0n) is 48.8. The fraction of sp³-hybridized carbons (Fsp3) is 0.724. The van der Waals surface area contributed by atoms with Gasteiger partial charge in [-0.1, -0.05) is 65.5 Å². The van der Waals surface area contributed by atoms with E-state index in [1.165, 1.54) is 75.6 Å². The van der Waals surface area contributed by atoms with E-state index in [2.05, 4.69) is 10.6 Å². The second kappa shape index (κ2) is 31.1. The van der Waals surface area contributed by atoms with Crippen molar-refractivity contribution in [2.75, 3.05) is 61.5 Å². The fourth-order valence-electron chi connectivity index (χ4n) is 9.80. The summed E-state index contributed by atoms with van der Waals surface area (Å²) in [6, 6.07) is 1.96. The molecule has 0 aliphatic carbocycles. The van der Waals surface area contributed by atoms with Crippen molar-refractivity contribution in [2.45, 2.75) is 189 Å². The molecule has 1 aromatic rings. The van der Waals surface area contributed by atoms with Crippen molar-refractivity contribution in [3.05, 3.63) is 35.9 Å². The number of aliphatic hydroxyl groups excluding tert-OH is 1. The van der Waals surface area contributed by atoms with Gasteiger partial charge in [0.1, 0.15) is 30.2 Å². The topological polar surface area (TPSA) is 244 Å². The Balaban J connectivity index is 0.0000208. The van der Waals surface area contributed by atoms with Crippen LogP contribution >= 0.6 is 0 Å². The predicted molar refractivity (Wildman–Crippen MR) is 298 cm³/mol. The van der Waals surface area contributed by atoms with Crippen molar-refractivity contribution in [3.8, 4) is 0 Å². The molecule has 8 amide bonds. The quantitative estimate of drug-likeness (QED) is 0.302. The average Bonchev–Trinajstić information content (AvgIpc) is 3.37. The molecule has 0 unspecified atom stereocenters. The number of amides is 8. The molecule has 3 N–H and O–H groups in total. The van der Waals surface area contributed by atoms with Crippen LogP contribution < -0.4 is 10.6 Å². The van der Waals surface area contributed by atoms with Crippen LogP contribution in [0.4, 0.5) is 0 Å². The van der Waals surface area contributed by atoms with Crippen LogP contribution in [0.25, 0.3) is 0 Å². The van der Waals surface area contributed by atoms with Crippen LogP contribution in [0.1, 0.15) is 140 Å². The third-order valence-corrected chi connectivity index (χ3v) is 14.8. The van der Waals surface area contributed by atoms with Gasteiger partial charge in [-0.15, -0.1) is 0 Å². The number of carbonyl (C=O) groups excluding carboxylic acids is 10. The second-order valence-corrected chi connectivity index (χ2v) is 23.3. The van der Waals surface area contributed by atoms with E-state index >= 15 is 0 Å². The summed E-state index contributed by atoms with van der Waals surface area (Å²) in [5, 5.41) is 16.6. The van der Waals surface area contributed by atoms with Crippen LogP contribution in [0.3, 0.4) is 0 Å². The van der Waals surface area contributed by atoms with Crippen LogP contribution in [-0.2, 0) is 59.1 Å². The monoisotopic (exact) mass is 1100 g/mol. The SMILES string of the molecule is C.CC(C)C[C@H]1C(=O)N[C@@H](COC(C)(C)C)C(=O)C[C@H](C(=O)N2CCCCC2)CCC(=O)N[C@@H](C)C(=O)N(C)[C@@H](C)C(=O)N(C)[C@@H](Cc2ccccc2)C(=O)N(C)[C@@H](CC(C)C)C(=O)C[C@@H]([C@@H](C)O)C(=O)N(C)CC(=O)N1C. The van der Waals surface area contributed by atoms with Crippen molar-refractivity contribution in [1.29, 1.82) is 0 Å².